The molecule has 0 bridgehead atoms. The molecule has 2 aromatic carbocycles. The molecular weight excluding hydrogens is 377 g/mol. The molecule has 1 atom stereocenters. The lowest BCUT2D eigenvalue weighted by Crippen LogP contribution is -2.52. The highest BCUT2D eigenvalue weighted by Crippen LogP contribution is 2.39. The highest BCUT2D eigenvalue weighted by Gasteiger charge is 2.64. The quantitative estimate of drug-likeness (QED) is 0.636. The van der Waals surface area contributed by atoms with Gasteiger partial charge in [0.15, 0.2) is 0 Å². The summed E-state index contributed by atoms with van der Waals surface area (Å²) in [4.78, 5) is 23.7. The Morgan fingerprint density at radius 1 is 1.00 bits per heavy atom. The second-order valence-electron chi connectivity index (χ2n) is 6.18. The number of halogens is 3. The molecule has 0 saturated carbocycles. The Hall–Kier alpha value is -3.33. The average Bonchev–Trinajstić information content (AvgIpc) is 2.95. The number of carboxylic acid groups (broad SMARTS) is 1. The third kappa shape index (κ3) is 2.99. The van der Waals surface area contributed by atoms with Gasteiger partial charge in [-0.1, -0.05) is 42.5 Å². The van der Waals surface area contributed by atoms with Crippen LogP contribution in [0.4, 0.5) is 13.2 Å². The zero-order valence-corrected chi connectivity index (χ0v) is 14.5. The minimum atomic E-state index is -5.58. The standard InChI is InChI=1S/C19H15F3N2O4/c1-11-15(18(28,17(26)27)19(20,21)22)16(25)24(23-11)14-9-7-13(8-10-14)12-5-3-2-4-6-12/h2-10,23,28H,1H3,(H,26,27). The first-order chi connectivity index (χ1) is 13.1. The molecule has 0 spiro atoms. The zero-order valence-electron chi connectivity index (χ0n) is 14.5. The van der Waals surface area contributed by atoms with Gasteiger partial charge in [-0.2, -0.15) is 13.2 Å². The molecule has 1 aromatic heterocycles. The largest absolute Gasteiger partial charge is 0.479 e. The summed E-state index contributed by atoms with van der Waals surface area (Å²) in [5, 5.41) is 21.2. The summed E-state index contributed by atoms with van der Waals surface area (Å²) in [6, 6.07) is 15.6. The van der Waals surface area contributed by atoms with Crippen LogP contribution >= 0.6 is 0 Å². The number of aromatic nitrogens is 2. The summed E-state index contributed by atoms with van der Waals surface area (Å²) in [5.74, 6) is -2.58. The van der Waals surface area contributed by atoms with Crippen molar-refractivity contribution in [3.63, 3.8) is 0 Å². The van der Waals surface area contributed by atoms with E-state index in [-0.39, 0.29) is 5.69 Å². The van der Waals surface area contributed by atoms with E-state index in [0.29, 0.717) is 0 Å². The summed E-state index contributed by atoms with van der Waals surface area (Å²) in [6.45, 7) is 1.09. The first-order valence-corrected chi connectivity index (χ1v) is 8.08. The van der Waals surface area contributed by atoms with Gasteiger partial charge in [0.1, 0.15) is 0 Å². The molecule has 146 valence electrons. The van der Waals surface area contributed by atoms with Crippen molar-refractivity contribution >= 4 is 5.97 Å². The van der Waals surface area contributed by atoms with Gasteiger partial charge in [0.05, 0.1) is 11.3 Å². The van der Waals surface area contributed by atoms with Gasteiger partial charge in [0.25, 0.3) is 11.2 Å². The average molecular weight is 392 g/mol. The summed E-state index contributed by atoms with van der Waals surface area (Å²) >= 11 is 0. The number of hydrogen-bond acceptors (Lipinski definition) is 3. The first-order valence-electron chi connectivity index (χ1n) is 8.08. The molecule has 1 unspecified atom stereocenters. The highest BCUT2D eigenvalue weighted by molar-refractivity contribution is 5.80. The Bertz CT molecular complexity index is 1070. The number of nitrogens with zero attached hydrogens (tertiary/aromatic N) is 1. The van der Waals surface area contributed by atoms with Gasteiger partial charge in [-0.05, 0) is 30.2 Å². The Balaban J connectivity index is 2.10. The van der Waals surface area contributed by atoms with Gasteiger partial charge in [0, 0.05) is 5.69 Å². The number of alkyl halides is 3. The van der Waals surface area contributed by atoms with Crippen LogP contribution in [-0.2, 0) is 10.4 Å². The van der Waals surface area contributed by atoms with Crippen LogP contribution in [0, 0.1) is 6.92 Å². The smallest absolute Gasteiger partial charge is 0.432 e. The van der Waals surface area contributed by atoms with E-state index in [1.54, 1.807) is 12.1 Å². The molecule has 3 rings (SSSR count). The number of hydrogen-bond donors (Lipinski definition) is 3. The number of aromatic amines is 1. The molecular formula is C19H15F3N2O4. The zero-order chi connectivity index (χ0) is 20.7. The van der Waals surface area contributed by atoms with E-state index in [2.05, 4.69) is 5.10 Å². The molecule has 0 aliphatic carbocycles. The summed E-state index contributed by atoms with van der Waals surface area (Å²) in [7, 11) is 0. The second-order valence-corrected chi connectivity index (χ2v) is 6.18. The van der Waals surface area contributed by atoms with Crippen LogP contribution < -0.4 is 5.56 Å². The van der Waals surface area contributed by atoms with Gasteiger partial charge >= 0.3 is 12.1 Å². The summed E-state index contributed by atoms with van der Waals surface area (Å²) < 4.78 is 40.5. The minimum absolute atomic E-state index is 0.189. The number of aliphatic carboxylic acids is 1. The Kier molecular flexibility index (Phi) is 4.64. The lowest BCUT2D eigenvalue weighted by molar-refractivity contribution is -0.265. The Morgan fingerprint density at radius 3 is 2.04 bits per heavy atom. The fourth-order valence-electron chi connectivity index (χ4n) is 2.96. The van der Waals surface area contributed by atoms with Crippen molar-refractivity contribution in [2.24, 2.45) is 0 Å². The molecule has 0 aliphatic rings. The third-order valence-electron chi connectivity index (χ3n) is 4.39. The monoisotopic (exact) mass is 392 g/mol. The van der Waals surface area contributed by atoms with Crippen LogP contribution in [0.15, 0.2) is 59.4 Å². The van der Waals surface area contributed by atoms with Crippen molar-refractivity contribution in [2.45, 2.75) is 18.7 Å². The van der Waals surface area contributed by atoms with Crippen molar-refractivity contribution in [1.82, 2.24) is 9.78 Å². The minimum Gasteiger partial charge on any atom is -0.479 e. The molecule has 0 fully saturated rings. The number of nitrogens with one attached hydrogen (secondary N) is 1. The van der Waals surface area contributed by atoms with Crippen molar-refractivity contribution in [3.8, 4) is 16.8 Å². The van der Waals surface area contributed by atoms with Crippen molar-refractivity contribution < 1.29 is 28.2 Å². The first kappa shape index (κ1) is 19.4. The SMILES string of the molecule is Cc1[nH]n(-c2ccc(-c3ccccc3)cc2)c(=O)c1C(O)(C(=O)O)C(F)(F)F. The van der Waals surface area contributed by atoms with E-state index in [1.807, 2.05) is 30.3 Å². The van der Waals surface area contributed by atoms with Crippen molar-refractivity contribution in [1.29, 1.82) is 0 Å². The van der Waals surface area contributed by atoms with Gasteiger partial charge in [-0.25, -0.2) is 9.48 Å². The van der Waals surface area contributed by atoms with Gasteiger partial charge < -0.3 is 10.2 Å². The summed E-state index contributed by atoms with van der Waals surface area (Å²) in [5.41, 5.74) is -5.39. The van der Waals surface area contributed by atoms with Crippen LogP contribution in [0.1, 0.15) is 11.3 Å². The number of carbonyl (C=O) groups is 1. The van der Waals surface area contributed by atoms with E-state index < -0.39 is 34.6 Å². The van der Waals surface area contributed by atoms with E-state index in [0.717, 1.165) is 22.7 Å². The van der Waals surface area contributed by atoms with E-state index in [9.17, 15) is 27.9 Å². The Morgan fingerprint density at radius 2 is 1.54 bits per heavy atom. The molecule has 0 saturated heterocycles. The Labute approximate surface area is 156 Å². The van der Waals surface area contributed by atoms with Crippen molar-refractivity contribution in [2.75, 3.05) is 0 Å². The van der Waals surface area contributed by atoms with Crippen LogP contribution in [0.5, 0.6) is 0 Å². The fourth-order valence-corrected chi connectivity index (χ4v) is 2.96. The van der Waals surface area contributed by atoms with Crippen molar-refractivity contribution in [3.05, 3.63) is 76.2 Å². The van der Waals surface area contributed by atoms with E-state index in [1.165, 1.54) is 12.1 Å². The van der Waals surface area contributed by atoms with Crippen LogP contribution in [0.3, 0.4) is 0 Å². The topological polar surface area (TPSA) is 95.3 Å². The maximum atomic E-state index is 13.3. The van der Waals surface area contributed by atoms with Crippen LogP contribution in [0.25, 0.3) is 16.8 Å². The molecule has 1 heterocycles. The second kappa shape index (κ2) is 6.68. The number of aliphatic hydroxyl groups is 1. The predicted octanol–water partition coefficient (Wildman–Crippen LogP) is 2.98. The van der Waals surface area contributed by atoms with Gasteiger partial charge in [-0.3, -0.25) is 9.89 Å². The normalized spacial score (nSPS) is 13.9. The highest BCUT2D eigenvalue weighted by atomic mass is 19.4. The molecule has 3 aromatic rings. The molecule has 6 nitrogen and oxygen atoms in total. The summed E-state index contributed by atoms with van der Waals surface area (Å²) in [6.07, 6.45) is -5.58. The fraction of sp³-hybridized carbons (Fsp3) is 0.158. The van der Waals surface area contributed by atoms with Gasteiger partial charge in [0.2, 0.25) is 0 Å². The number of rotatable bonds is 4. The number of aryl methyl sites for hydroxylation is 1. The lowest BCUT2D eigenvalue weighted by atomic mass is 9.93. The maximum absolute atomic E-state index is 13.3. The van der Waals surface area contributed by atoms with Crippen LogP contribution in [-0.4, -0.2) is 32.1 Å². The van der Waals surface area contributed by atoms with Gasteiger partial charge in [-0.15, -0.1) is 0 Å². The molecule has 3 N–H and O–H groups in total. The number of carboxylic acids is 1. The molecule has 0 radical (unpaired) electrons. The maximum Gasteiger partial charge on any atom is 0.432 e. The van der Waals surface area contributed by atoms with E-state index >= 15 is 0 Å². The molecule has 0 aliphatic heterocycles. The molecule has 9 heteroatoms. The molecule has 0 amide bonds. The molecule has 28 heavy (non-hydrogen) atoms. The number of H-pyrrole nitrogens is 1. The number of benzene rings is 2. The third-order valence-corrected chi connectivity index (χ3v) is 4.39. The van der Waals surface area contributed by atoms with Crippen LogP contribution in [0.2, 0.25) is 0 Å². The predicted molar refractivity (Wildman–Crippen MR) is 94.2 cm³/mol. The van der Waals surface area contributed by atoms with E-state index in [4.69, 9.17) is 5.11 Å². The lowest BCUT2D eigenvalue weighted by Gasteiger charge is -2.24.